The molecule has 1 saturated heterocycles. The minimum Gasteiger partial charge on any atom is -0.347 e. The van der Waals surface area contributed by atoms with Crippen LogP contribution in [0.25, 0.3) is 0 Å². The van der Waals surface area contributed by atoms with E-state index in [0.717, 1.165) is 19.4 Å². The fourth-order valence-electron chi connectivity index (χ4n) is 2.88. The van der Waals surface area contributed by atoms with Crippen LogP contribution < -0.4 is 0 Å². The lowest BCUT2D eigenvalue weighted by Crippen LogP contribution is -2.34. The summed E-state index contributed by atoms with van der Waals surface area (Å²) in [6.45, 7) is 6.48. The summed E-state index contributed by atoms with van der Waals surface area (Å²) >= 11 is 0. The van der Waals surface area contributed by atoms with E-state index in [4.69, 9.17) is 9.47 Å². The van der Waals surface area contributed by atoms with Gasteiger partial charge in [0.1, 0.15) is 0 Å². The molecule has 21 heavy (non-hydrogen) atoms. The summed E-state index contributed by atoms with van der Waals surface area (Å²) in [5, 5.41) is 0. The van der Waals surface area contributed by atoms with E-state index in [9.17, 15) is 0 Å². The number of ether oxygens (including phenoxy) is 2. The van der Waals surface area contributed by atoms with Crippen LogP contribution in [0.4, 0.5) is 0 Å². The highest BCUT2D eigenvalue weighted by Crippen LogP contribution is 2.30. The zero-order valence-electron chi connectivity index (χ0n) is 12.7. The summed E-state index contributed by atoms with van der Waals surface area (Å²) in [6, 6.07) is 6.56. The summed E-state index contributed by atoms with van der Waals surface area (Å²) in [4.78, 5) is 4.08. The van der Waals surface area contributed by atoms with Gasteiger partial charge in [-0.1, -0.05) is 23.8 Å². The van der Waals surface area contributed by atoms with Gasteiger partial charge in [0.05, 0.1) is 19.5 Å². The van der Waals surface area contributed by atoms with E-state index in [1.807, 2.05) is 12.5 Å². The third-order valence-corrected chi connectivity index (χ3v) is 4.08. The maximum Gasteiger partial charge on any atom is 0.174 e. The van der Waals surface area contributed by atoms with Crippen molar-refractivity contribution in [3.63, 3.8) is 0 Å². The second-order valence-electron chi connectivity index (χ2n) is 5.76. The number of hydrogen-bond acceptors (Lipinski definition) is 3. The second kappa shape index (κ2) is 6.00. The monoisotopic (exact) mass is 286 g/mol. The normalized spacial score (nSPS) is 17.2. The summed E-state index contributed by atoms with van der Waals surface area (Å²) in [5.41, 5.74) is 3.89. The average molecular weight is 286 g/mol. The Labute approximate surface area is 125 Å². The minimum absolute atomic E-state index is 0.496. The van der Waals surface area contributed by atoms with Crippen molar-refractivity contribution in [3.8, 4) is 0 Å². The van der Waals surface area contributed by atoms with Crippen LogP contribution in [0.1, 0.15) is 23.1 Å². The Morgan fingerprint density at radius 2 is 2.05 bits per heavy atom. The molecular formula is C17H22N2O2. The largest absolute Gasteiger partial charge is 0.347 e. The van der Waals surface area contributed by atoms with E-state index in [-0.39, 0.29) is 0 Å². The second-order valence-corrected chi connectivity index (χ2v) is 5.76. The summed E-state index contributed by atoms with van der Waals surface area (Å²) in [6.07, 6.45) is 7.23. The lowest BCUT2D eigenvalue weighted by atomic mass is 9.97. The number of hydrogen-bond donors (Lipinski definition) is 0. The van der Waals surface area contributed by atoms with Crippen molar-refractivity contribution >= 4 is 0 Å². The molecule has 1 aliphatic rings. The van der Waals surface area contributed by atoms with Crippen molar-refractivity contribution < 1.29 is 9.47 Å². The van der Waals surface area contributed by atoms with Gasteiger partial charge >= 0.3 is 0 Å². The third-order valence-electron chi connectivity index (χ3n) is 4.08. The van der Waals surface area contributed by atoms with E-state index < -0.39 is 5.79 Å². The lowest BCUT2D eigenvalue weighted by Gasteiger charge is -2.28. The number of imidazole rings is 1. The van der Waals surface area contributed by atoms with E-state index in [1.54, 1.807) is 6.20 Å². The topological polar surface area (TPSA) is 36.3 Å². The van der Waals surface area contributed by atoms with Gasteiger partial charge in [-0.2, -0.15) is 0 Å². The molecular weight excluding hydrogens is 264 g/mol. The molecule has 1 fully saturated rings. The number of aryl methyl sites for hydroxylation is 3. The molecule has 0 N–H and O–H groups in total. The van der Waals surface area contributed by atoms with Gasteiger partial charge in [0.25, 0.3) is 0 Å². The molecule has 4 nitrogen and oxygen atoms in total. The van der Waals surface area contributed by atoms with Crippen LogP contribution in [0.3, 0.4) is 0 Å². The number of aromatic nitrogens is 2. The van der Waals surface area contributed by atoms with Gasteiger partial charge in [-0.05, 0) is 25.0 Å². The van der Waals surface area contributed by atoms with Gasteiger partial charge in [-0.25, -0.2) is 4.98 Å². The zero-order valence-corrected chi connectivity index (χ0v) is 12.7. The average Bonchev–Trinajstić information content (AvgIpc) is 3.12. The van der Waals surface area contributed by atoms with Crippen molar-refractivity contribution in [2.75, 3.05) is 13.2 Å². The quantitative estimate of drug-likeness (QED) is 0.848. The number of nitrogens with zero attached hydrogens (tertiary/aromatic N) is 2. The highest BCUT2D eigenvalue weighted by Gasteiger charge is 2.36. The highest BCUT2D eigenvalue weighted by molar-refractivity contribution is 5.31. The first-order valence-corrected chi connectivity index (χ1v) is 7.47. The summed E-state index contributed by atoms with van der Waals surface area (Å²) in [7, 11) is 0. The van der Waals surface area contributed by atoms with E-state index >= 15 is 0 Å². The fraction of sp³-hybridized carbons (Fsp3) is 0.471. The maximum absolute atomic E-state index is 5.97. The molecule has 0 bridgehead atoms. The standard InChI is InChI=1S/C17H22N2O2/c1-14-3-4-16(15(2)11-14)12-17(20-9-10-21-17)5-7-19-8-6-18-13-19/h3-4,6,8,11,13H,5,7,9-10,12H2,1-2H3. The van der Waals surface area contributed by atoms with Crippen LogP contribution >= 0.6 is 0 Å². The van der Waals surface area contributed by atoms with Crippen molar-refractivity contribution in [2.24, 2.45) is 0 Å². The molecule has 0 unspecified atom stereocenters. The van der Waals surface area contributed by atoms with Crippen LogP contribution in [0.2, 0.25) is 0 Å². The molecule has 0 spiro atoms. The molecule has 0 saturated carbocycles. The van der Waals surface area contributed by atoms with E-state index in [1.165, 1.54) is 16.7 Å². The first-order valence-electron chi connectivity index (χ1n) is 7.47. The third kappa shape index (κ3) is 3.34. The number of benzene rings is 1. The Bertz CT molecular complexity index is 587. The van der Waals surface area contributed by atoms with Crippen molar-refractivity contribution in [1.29, 1.82) is 0 Å². The van der Waals surface area contributed by atoms with Gasteiger partial charge in [0.15, 0.2) is 5.79 Å². The van der Waals surface area contributed by atoms with Crippen molar-refractivity contribution in [3.05, 3.63) is 53.6 Å². The molecule has 0 aliphatic carbocycles. The van der Waals surface area contributed by atoms with Crippen LogP contribution in [0.5, 0.6) is 0 Å². The van der Waals surface area contributed by atoms with Gasteiger partial charge < -0.3 is 14.0 Å². The molecule has 4 heteroatoms. The maximum atomic E-state index is 5.97. The van der Waals surface area contributed by atoms with Crippen LogP contribution in [-0.4, -0.2) is 28.6 Å². The van der Waals surface area contributed by atoms with Crippen LogP contribution in [0, 0.1) is 13.8 Å². The van der Waals surface area contributed by atoms with Gasteiger partial charge in [-0.3, -0.25) is 0 Å². The van der Waals surface area contributed by atoms with E-state index in [0.29, 0.717) is 13.2 Å². The SMILES string of the molecule is Cc1ccc(CC2(CCn3ccnc3)OCCO2)c(C)c1. The van der Waals surface area contributed by atoms with Crippen LogP contribution in [-0.2, 0) is 22.4 Å². The molecule has 0 amide bonds. The molecule has 1 aromatic heterocycles. The molecule has 112 valence electrons. The Balaban J connectivity index is 1.74. The van der Waals surface area contributed by atoms with Crippen molar-refractivity contribution in [2.45, 2.75) is 39.0 Å². The predicted molar refractivity (Wildman–Crippen MR) is 81.1 cm³/mol. The fourth-order valence-corrected chi connectivity index (χ4v) is 2.88. The molecule has 2 heterocycles. The molecule has 1 aromatic carbocycles. The molecule has 0 radical (unpaired) electrons. The van der Waals surface area contributed by atoms with Gasteiger partial charge in [-0.15, -0.1) is 0 Å². The minimum atomic E-state index is -0.496. The zero-order chi connectivity index (χ0) is 14.7. The highest BCUT2D eigenvalue weighted by atomic mass is 16.7. The van der Waals surface area contributed by atoms with Gasteiger partial charge in [0, 0.05) is 31.8 Å². The number of rotatable bonds is 5. The van der Waals surface area contributed by atoms with E-state index in [2.05, 4.69) is 41.6 Å². The first kappa shape index (κ1) is 14.3. The summed E-state index contributed by atoms with van der Waals surface area (Å²) < 4.78 is 14.0. The smallest absolute Gasteiger partial charge is 0.174 e. The Morgan fingerprint density at radius 3 is 2.71 bits per heavy atom. The molecule has 3 rings (SSSR count). The molecule has 0 atom stereocenters. The van der Waals surface area contributed by atoms with Gasteiger partial charge in [0.2, 0.25) is 0 Å². The predicted octanol–water partition coefficient (Wildman–Crippen LogP) is 2.88. The van der Waals surface area contributed by atoms with Crippen LogP contribution in [0.15, 0.2) is 36.9 Å². The summed E-state index contributed by atoms with van der Waals surface area (Å²) in [5.74, 6) is -0.496. The molecule has 2 aromatic rings. The van der Waals surface area contributed by atoms with Crippen molar-refractivity contribution in [1.82, 2.24) is 9.55 Å². The first-order chi connectivity index (χ1) is 10.2. The lowest BCUT2D eigenvalue weighted by molar-refractivity contribution is -0.162. The Kier molecular flexibility index (Phi) is 4.08. The Morgan fingerprint density at radius 1 is 1.24 bits per heavy atom. The molecule has 1 aliphatic heterocycles. The Hall–Kier alpha value is -1.65.